The number of hydrogen-bond acceptors (Lipinski definition) is 3. The van der Waals surface area contributed by atoms with Crippen LogP contribution in [0.3, 0.4) is 0 Å². The molecule has 1 fully saturated rings. The summed E-state index contributed by atoms with van der Waals surface area (Å²) in [5.41, 5.74) is 1.24. The van der Waals surface area contributed by atoms with E-state index in [2.05, 4.69) is 12.1 Å². The minimum absolute atomic E-state index is 0.141. The van der Waals surface area contributed by atoms with E-state index in [-0.39, 0.29) is 12.0 Å². The van der Waals surface area contributed by atoms with Crippen LogP contribution in [-0.2, 0) is 10.5 Å². The van der Waals surface area contributed by atoms with E-state index in [9.17, 15) is 9.90 Å². The smallest absolute Gasteiger partial charge is 0.232 e. The second-order valence-electron chi connectivity index (χ2n) is 4.26. The Morgan fingerprint density at radius 2 is 2.18 bits per heavy atom. The van der Waals surface area contributed by atoms with E-state index in [1.54, 1.807) is 16.7 Å². The standard InChI is InChI=1S/C13H17NO2S/c15-12-6-7-14(8-12)13(16)10-17-9-11-4-2-1-3-5-11/h1-5,12,15H,6-10H2. The van der Waals surface area contributed by atoms with Gasteiger partial charge in [-0.2, -0.15) is 0 Å². The van der Waals surface area contributed by atoms with E-state index >= 15 is 0 Å². The Labute approximate surface area is 106 Å². The average molecular weight is 251 g/mol. The van der Waals surface area contributed by atoms with E-state index in [0.29, 0.717) is 18.8 Å². The average Bonchev–Trinajstić information content (AvgIpc) is 2.77. The number of aliphatic hydroxyl groups excluding tert-OH is 1. The Morgan fingerprint density at radius 1 is 1.41 bits per heavy atom. The lowest BCUT2D eigenvalue weighted by atomic mass is 10.2. The highest BCUT2D eigenvalue weighted by Gasteiger charge is 2.23. The van der Waals surface area contributed by atoms with Crippen molar-refractivity contribution in [1.29, 1.82) is 0 Å². The number of β-amino-alcohol motifs (C(OH)–C–C–N with tert-alkyl or cyclic N) is 1. The predicted molar refractivity (Wildman–Crippen MR) is 69.8 cm³/mol. The van der Waals surface area contributed by atoms with Crippen molar-refractivity contribution in [3.05, 3.63) is 35.9 Å². The Morgan fingerprint density at radius 3 is 2.82 bits per heavy atom. The summed E-state index contributed by atoms with van der Waals surface area (Å²) in [6.07, 6.45) is 0.396. The molecule has 1 unspecified atom stereocenters. The van der Waals surface area contributed by atoms with Crippen LogP contribution in [0.5, 0.6) is 0 Å². The van der Waals surface area contributed by atoms with Crippen molar-refractivity contribution in [3.8, 4) is 0 Å². The summed E-state index contributed by atoms with van der Waals surface area (Å²) >= 11 is 1.63. The SMILES string of the molecule is O=C(CSCc1ccccc1)N1CCC(O)C1. The Hall–Kier alpha value is -1.00. The van der Waals surface area contributed by atoms with E-state index < -0.39 is 0 Å². The van der Waals surface area contributed by atoms with Gasteiger partial charge >= 0.3 is 0 Å². The highest BCUT2D eigenvalue weighted by atomic mass is 32.2. The van der Waals surface area contributed by atoms with Crippen LogP contribution >= 0.6 is 11.8 Å². The van der Waals surface area contributed by atoms with Gasteiger partial charge in [0.15, 0.2) is 0 Å². The Kier molecular flexibility index (Phi) is 4.45. The third-order valence-electron chi connectivity index (χ3n) is 2.85. The van der Waals surface area contributed by atoms with Crippen LogP contribution < -0.4 is 0 Å². The molecule has 1 N–H and O–H groups in total. The van der Waals surface area contributed by atoms with Crippen LogP contribution in [0.4, 0.5) is 0 Å². The summed E-state index contributed by atoms with van der Waals surface area (Å²) in [4.78, 5) is 13.5. The maximum atomic E-state index is 11.8. The summed E-state index contributed by atoms with van der Waals surface area (Å²) in [6, 6.07) is 10.1. The molecule has 1 aromatic rings. The van der Waals surface area contributed by atoms with Gasteiger partial charge in [-0.25, -0.2) is 0 Å². The van der Waals surface area contributed by atoms with Crippen LogP contribution in [-0.4, -0.2) is 40.9 Å². The zero-order valence-electron chi connectivity index (χ0n) is 9.71. The molecule has 0 aromatic heterocycles. The van der Waals surface area contributed by atoms with Gasteiger partial charge < -0.3 is 10.0 Å². The van der Waals surface area contributed by atoms with Crippen molar-refractivity contribution in [3.63, 3.8) is 0 Å². The molecule has 1 aromatic carbocycles. The molecule has 2 rings (SSSR count). The lowest BCUT2D eigenvalue weighted by molar-refractivity contribution is -0.127. The fourth-order valence-electron chi connectivity index (χ4n) is 1.89. The first-order valence-electron chi connectivity index (χ1n) is 5.83. The quantitative estimate of drug-likeness (QED) is 0.882. The van der Waals surface area contributed by atoms with Crippen molar-refractivity contribution in [2.75, 3.05) is 18.8 Å². The number of carbonyl (C=O) groups excluding carboxylic acids is 1. The molecule has 1 amide bonds. The van der Waals surface area contributed by atoms with Crippen molar-refractivity contribution >= 4 is 17.7 Å². The molecule has 4 heteroatoms. The van der Waals surface area contributed by atoms with E-state index in [0.717, 1.165) is 12.2 Å². The van der Waals surface area contributed by atoms with Crippen LogP contribution in [0.15, 0.2) is 30.3 Å². The lowest BCUT2D eigenvalue weighted by Crippen LogP contribution is -2.30. The fourth-order valence-corrected chi connectivity index (χ4v) is 2.78. The second kappa shape index (κ2) is 6.07. The number of carbonyl (C=O) groups is 1. The molecule has 1 atom stereocenters. The van der Waals surface area contributed by atoms with Crippen molar-refractivity contribution in [1.82, 2.24) is 4.90 Å². The minimum atomic E-state index is -0.321. The second-order valence-corrected chi connectivity index (χ2v) is 5.25. The minimum Gasteiger partial charge on any atom is -0.391 e. The van der Waals surface area contributed by atoms with Gasteiger partial charge in [-0.1, -0.05) is 30.3 Å². The first-order valence-corrected chi connectivity index (χ1v) is 6.98. The Balaban J connectivity index is 1.70. The predicted octanol–water partition coefficient (Wildman–Crippen LogP) is 1.51. The summed E-state index contributed by atoms with van der Waals surface area (Å²) in [6.45, 7) is 1.20. The summed E-state index contributed by atoms with van der Waals surface area (Å²) in [5, 5.41) is 9.35. The number of amides is 1. The molecule has 1 saturated heterocycles. The lowest BCUT2D eigenvalue weighted by Gasteiger charge is -2.14. The number of likely N-dealkylation sites (tertiary alicyclic amines) is 1. The van der Waals surface area contributed by atoms with Gasteiger partial charge in [-0.3, -0.25) is 4.79 Å². The molecule has 1 aliphatic heterocycles. The number of aliphatic hydroxyl groups is 1. The molecular weight excluding hydrogens is 234 g/mol. The molecule has 92 valence electrons. The van der Waals surface area contributed by atoms with Gasteiger partial charge in [0, 0.05) is 18.8 Å². The summed E-state index contributed by atoms with van der Waals surface area (Å²) < 4.78 is 0. The van der Waals surface area contributed by atoms with Gasteiger partial charge in [0.05, 0.1) is 11.9 Å². The molecule has 0 bridgehead atoms. The highest BCUT2D eigenvalue weighted by Crippen LogP contribution is 2.15. The Bertz CT molecular complexity index is 369. The summed E-state index contributed by atoms with van der Waals surface area (Å²) in [7, 11) is 0. The van der Waals surface area contributed by atoms with Crippen LogP contribution in [0.25, 0.3) is 0 Å². The van der Waals surface area contributed by atoms with Gasteiger partial charge in [0.2, 0.25) is 5.91 Å². The third kappa shape index (κ3) is 3.75. The normalized spacial score (nSPS) is 19.6. The number of rotatable bonds is 4. The first kappa shape index (κ1) is 12.5. The number of nitrogens with zero attached hydrogens (tertiary/aromatic N) is 1. The van der Waals surface area contributed by atoms with Gasteiger partial charge in [-0.15, -0.1) is 11.8 Å². The third-order valence-corrected chi connectivity index (χ3v) is 3.84. The maximum absolute atomic E-state index is 11.8. The highest BCUT2D eigenvalue weighted by molar-refractivity contribution is 7.99. The van der Waals surface area contributed by atoms with E-state index in [4.69, 9.17) is 0 Å². The van der Waals surface area contributed by atoms with Gasteiger partial charge in [0.1, 0.15) is 0 Å². The molecule has 0 saturated carbocycles. The van der Waals surface area contributed by atoms with E-state index in [1.807, 2.05) is 18.2 Å². The van der Waals surface area contributed by atoms with Crippen LogP contribution in [0, 0.1) is 0 Å². The zero-order chi connectivity index (χ0) is 12.1. The van der Waals surface area contributed by atoms with Crippen LogP contribution in [0.1, 0.15) is 12.0 Å². The molecule has 1 aliphatic rings. The van der Waals surface area contributed by atoms with Gasteiger partial charge in [0.25, 0.3) is 0 Å². The van der Waals surface area contributed by atoms with Crippen LogP contribution in [0.2, 0.25) is 0 Å². The topological polar surface area (TPSA) is 40.5 Å². The van der Waals surface area contributed by atoms with Crippen molar-refractivity contribution in [2.24, 2.45) is 0 Å². The fraction of sp³-hybridized carbons (Fsp3) is 0.462. The molecule has 17 heavy (non-hydrogen) atoms. The molecule has 3 nitrogen and oxygen atoms in total. The first-order chi connectivity index (χ1) is 8.25. The van der Waals surface area contributed by atoms with E-state index in [1.165, 1.54) is 5.56 Å². The van der Waals surface area contributed by atoms with Crippen molar-refractivity contribution < 1.29 is 9.90 Å². The largest absolute Gasteiger partial charge is 0.391 e. The molecule has 0 aliphatic carbocycles. The number of benzene rings is 1. The summed E-state index contributed by atoms with van der Waals surface area (Å²) in [5.74, 6) is 1.51. The number of thioether (sulfide) groups is 1. The maximum Gasteiger partial charge on any atom is 0.232 e. The molecule has 1 heterocycles. The molecule has 0 spiro atoms. The molecular formula is C13H17NO2S. The van der Waals surface area contributed by atoms with Crippen molar-refractivity contribution in [2.45, 2.75) is 18.3 Å². The van der Waals surface area contributed by atoms with Gasteiger partial charge in [-0.05, 0) is 12.0 Å². The monoisotopic (exact) mass is 251 g/mol. The molecule has 0 radical (unpaired) electrons. The zero-order valence-corrected chi connectivity index (χ0v) is 10.5. The number of hydrogen-bond donors (Lipinski definition) is 1.